The lowest BCUT2D eigenvalue weighted by Crippen LogP contribution is -2.32. The van der Waals surface area contributed by atoms with Gasteiger partial charge >= 0.3 is 12.1 Å². The normalized spacial score (nSPS) is 12.0. The fraction of sp³-hybridized carbons (Fsp3) is 0.700. The minimum Gasteiger partial charge on any atom is -0.461 e. The van der Waals surface area contributed by atoms with Crippen LogP contribution in [0, 0.1) is 0 Å². The Kier molecular flexibility index (Phi) is 5.95. The van der Waals surface area contributed by atoms with Gasteiger partial charge in [0, 0.05) is 7.05 Å². The average Bonchev–Trinajstić information content (AvgIpc) is 2.15. The molecule has 0 radical (unpaired) electrons. The molecular formula is C10H17ClN2O4. The van der Waals surface area contributed by atoms with E-state index < -0.39 is 22.8 Å². The van der Waals surface area contributed by atoms with Crippen LogP contribution in [0.1, 0.15) is 27.7 Å². The molecule has 0 aromatic heterocycles. The molecule has 0 atom stereocenters. The molecule has 0 saturated carbocycles. The maximum absolute atomic E-state index is 11.5. The summed E-state index contributed by atoms with van der Waals surface area (Å²) < 4.78 is 9.61. The molecule has 0 aromatic carbocycles. The highest BCUT2D eigenvalue weighted by Crippen LogP contribution is 2.09. The van der Waals surface area contributed by atoms with Crippen LogP contribution in [0.15, 0.2) is 5.10 Å². The highest BCUT2D eigenvalue weighted by molar-refractivity contribution is 6.82. The van der Waals surface area contributed by atoms with E-state index >= 15 is 0 Å². The summed E-state index contributed by atoms with van der Waals surface area (Å²) in [4.78, 5) is 22.6. The number of esters is 1. The number of nitrogens with zero attached hydrogens (tertiary/aromatic N) is 2. The Bertz CT molecular complexity index is 323. The first-order valence-electron chi connectivity index (χ1n) is 5.05. The molecule has 6 nitrogen and oxygen atoms in total. The van der Waals surface area contributed by atoms with E-state index in [0.717, 1.165) is 5.01 Å². The van der Waals surface area contributed by atoms with Crippen molar-refractivity contribution in [2.24, 2.45) is 5.10 Å². The Balaban J connectivity index is 4.51. The summed E-state index contributed by atoms with van der Waals surface area (Å²) in [6.45, 7) is 6.97. The monoisotopic (exact) mass is 264 g/mol. The first-order valence-corrected chi connectivity index (χ1v) is 5.43. The van der Waals surface area contributed by atoms with Crippen LogP contribution in [-0.4, -0.2) is 41.5 Å². The molecule has 0 aromatic rings. The zero-order chi connectivity index (χ0) is 13.6. The summed E-state index contributed by atoms with van der Waals surface area (Å²) >= 11 is 5.55. The number of carbonyl (C=O) groups excluding carboxylic acids is 2. The molecular weight excluding hydrogens is 248 g/mol. The minimum atomic E-state index is -0.787. The molecule has 17 heavy (non-hydrogen) atoms. The van der Waals surface area contributed by atoms with Gasteiger partial charge in [-0.1, -0.05) is 11.6 Å². The van der Waals surface area contributed by atoms with Gasteiger partial charge in [-0.15, -0.1) is 5.10 Å². The third kappa shape index (κ3) is 6.78. The Hall–Kier alpha value is -1.30. The maximum atomic E-state index is 11.5. The van der Waals surface area contributed by atoms with Gasteiger partial charge in [0.1, 0.15) is 5.60 Å². The molecule has 0 fully saturated rings. The largest absolute Gasteiger partial charge is 0.461 e. The third-order valence-corrected chi connectivity index (χ3v) is 1.57. The average molecular weight is 265 g/mol. The first-order chi connectivity index (χ1) is 7.67. The Morgan fingerprint density at radius 3 is 2.29 bits per heavy atom. The molecule has 7 heteroatoms. The Morgan fingerprint density at radius 2 is 1.88 bits per heavy atom. The Morgan fingerprint density at radius 1 is 1.35 bits per heavy atom. The number of amides is 1. The number of carbonyl (C=O) groups is 2. The second kappa shape index (κ2) is 6.44. The molecule has 0 unspecified atom stereocenters. The van der Waals surface area contributed by atoms with Crippen LogP contribution in [0.4, 0.5) is 4.79 Å². The number of rotatable bonds is 3. The van der Waals surface area contributed by atoms with Crippen molar-refractivity contribution in [3.63, 3.8) is 0 Å². The van der Waals surface area contributed by atoms with Crippen molar-refractivity contribution >= 4 is 28.8 Å². The molecule has 0 N–H and O–H groups in total. The van der Waals surface area contributed by atoms with E-state index in [9.17, 15) is 9.59 Å². The molecule has 0 heterocycles. The van der Waals surface area contributed by atoms with E-state index in [1.807, 2.05) is 0 Å². The van der Waals surface area contributed by atoms with Crippen LogP contribution in [0.2, 0.25) is 0 Å². The van der Waals surface area contributed by atoms with Gasteiger partial charge in [-0.3, -0.25) is 0 Å². The molecule has 0 aliphatic rings. The van der Waals surface area contributed by atoms with Crippen LogP contribution < -0.4 is 0 Å². The quantitative estimate of drug-likeness (QED) is 0.444. The summed E-state index contributed by atoms with van der Waals surface area (Å²) in [5.41, 5.74) is -0.642. The lowest BCUT2D eigenvalue weighted by Gasteiger charge is -2.22. The third-order valence-electron chi connectivity index (χ3n) is 1.34. The second-order valence-corrected chi connectivity index (χ2v) is 4.47. The van der Waals surface area contributed by atoms with Gasteiger partial charge in [0.15, 0.2) is 0 Å². The van der Waals surface area contributed by atoms with Crippen LogP contribution >= 0.6 is 11.6 Å². The molecule has 0 aliphatic heterocycles. The second-order valence-electron chi connectivity index (χ2n) is 4.12. The van der Waals surface area contributed by atoms with Crippen LogP contribution in [0.3, 0.4) is 0 Å². The van der Waals surface area contributed by atoms with E-state index in [1.165, 1.54) is 7.05 Å². The predicted molar refractivity (Wildman–Crippen MR) is 63.9 cm³/mol. The number of hydrazone groups is 1. The van der Waals surface area contributed by atoms with E-state index in [4.69, 9.17) is 16.3 Å². The van der Waals surface area contributed by atoms with Gasteiger partial charge < -0.3 is 9.47 Å². The van der Waals surface area contributed by atoms with Gasteiger partial charge in [0.25, 0.3) is 0 Å². The molecule has 0 aliphatic carbocycles. The SMILES string of the molecule is CCOC(=O)C(Cl)=NN(C)C(=O)OC(C)(C)C. The van der Waals surface area contributed by atoms with Gasteiger partial charge in [-0.05, 0) is 27.7 Å². The number of ether oxygens (including phenoxy) is 2. The van der Waals surface area contributed by atoms with Gasteiger partial charge in [0.05, 0.1) is 6.61 Å². The molecule has 1 amide bonds. The standard InChI is InChI=1S/C10H17ClN2O4/c1-6-16-8(14)7(11)12-13(5)9(15)17-10(2,3)4/h6H2,1-5H3. The highest BCUT2D eigenvalue weighted by Gasteiger charge is 2.20. The molecule has 98 valence electrons. The number of halogens is 1. The molecule has 0 rings (SSSR count). The van der Waals surface area contributed by atoms with Gasteiger partial charge in [0.2, 0.25) is 5.17 Å². The summed E-state index contributed by atoms with van der Waals surface area (Å²) in [6, 6.07) is 0. The van der Waals surface area contributed by atoms with Crippen molar-refractivity contribution < 1.29 is 19.1 Å². The van der Waals surface area contributed by atoms with E-state index in [-0.39, 0.29) is 6.61 Å². The van der Waals surface area contributed by atoms with E-state index in [2.05, 4.69) is 9.84 Å². The Labute approximate surface area is 106 Å². The zero-order valence-electron chi connectivity index (χ0n) is 10.6. The van der Waals surface area contributed by atoms with E-state index in [1.54, 1.807) is 27.7 Å². The fourth-order valence-electron chi connectivity index (χ4n) is 0.732. The van der Waals surface area contributed by atoms with Crippen molar-refractivity contribution in [3.8, 4) is 0 Å². The molecule has 0 bridgehead atoms. The summed E-state index contributed by atoms with van der Waals surface area (Å²) in [6.07, 6.45) is -0.708. The summed E-state index contributed by atoms with van der Waals surface area (Å²) in [5.74, 6) is -0.787. The first kappa shape index (κ1) is 15.7. The minimum absolute atomic E-state index is 0.181. The van der Waals surface area contributed by atoms with E-state index in [0.29, 0.717) is 0 Å². The van der Waals surface area contributed by atoms with Crippen molar-refractivity contribution in [3.05, 3.63) is 0 Å². The highest BCUT2D eigenvalue weighted by atomic mass is 35.5. The number of hydrogen-bond acceptors (Lipinski definition) is 5. The molecule has 0 spiro atoms. The van der Waals surface area contributed by atoms with Gasteiger partial charge in [-0.2, -0.15) is 5.01 Å². The van der Waals surface area contributed by atoms with Gasteiger partial charge in [-0.25, -0.2) is 9.59 Å². The topological polar surface area (TPSA) is 68.2 Å². The fourth-order valence-corrected chi connectivity index (χ4v) is 0.900. The number of hydrogen-bond donors (Lipinski definition) is 0. The van der Waals surface area contributed by atoms with Crippen LogP contribution in [0.5, 0.6) is 0 Å². The summed E-state index contributed by atoms with van der Waals surface area (Å²) in [5, 5.41) is 3.95. The molecule has 0 saturated heterocycles. The van der Waals surface area contributed by atoms with Crippen molar-refractivity contribution in [2.45, 2.75) is 33.3 Å². The van der Waals surface area contributed by atoms with Crippen molar-refractivity contribution in [2.75, 3.05) is 13.7 Å². The predicted octanol–water partition coefficient (Wildman–Crippen LogP) is 1.97. The maximum Gasteiger partial charge on any atom is 0.430 e. The lowest BCUT2D eigenvalue weighted by atomic mass is 10.2. The van der Waals surface area contributed by atoms with Crippen molar-refractivity contribution in [1.29, 1.82) is 0 Å². The van der Waals surface area contributed by atoms with Crippen LogP contribution in [-0.2, 0) is 14.3 Å². The van der Waals surface area contributed by atoms with Crippen molar-refractivity contribution in [1.82, 2.24) is 5.01 Å². The summed E-state index contributed by atoms with van der Waals surface area (Å²) in [7, 11) is 1.33. The van der Waals surface area contributed by atoms with Crippen LogP contribution in [0.25, 0.3) is 0 Å². The smallest absolute Gasteiger partial charge is 0.430 e. The lowest BCUT2D eigenvalue weighted by molar-refractivity contribution is -0.134. The zero-order valence-corrected chi connectivity index (χ0v) is 11.4.